The number of hydrogen-bond acceptors (Lipinski definition) is 4. The third-order valence-corrected chi connectivity index (χ3v) is 11.8. The van der Waals surface area contributed by atoms with Gasteiger partial charge >= 0.3 is 0 Å². The van der Waals surface area contributed by atoms with Crippen molar-refractivity contribution >= 4 is 17.3 Å². The van der Waals surface area contributed by atoms with E-state index in [0.717, 1.165) is 54.6 Å². The Morgan fingerprint density at radius 2 is 1.81 bits per heavy atom. The van der Waals surface area contributed by atoms with Gasteiger partial charge in [0.2, 0.25) is 5.91 Å². The average molecular weight is 496 g/mol. The minimum atomic E-state index is 0.190. The van der Waals surface area contributed by atoms with E-state index in [4.69, 9.17) is 16.2 Å². The van der Waals surface area contributed by atoms with Crippen molar-refractivity contribution in [2.24, 2.45) is 46.3 Å². The first-order valence-corrected chi connectivity index (χ1v) is 14.7. The van der Waals surface area contributed by atoms with Gasteiger partial charge in [-0.3, -0.25) is 4.79 Å². The van der Waals surface area contributed by atoms with Crippen molar-refractivity contribution in [1.82, 2.24) is 5.32 Å². The fourth-order valence-electron chi connectivity index (χ4n) is 9.84. The number of fused-ring (bicyclic) bond motifs is 5. The molecule has 9 atom stereocenters. The van der Waals surface area contributed by atoms with Crippen LogP contribution in [0.3, 0.4) is 0 Å². The van der Waals surface area contributed by atoms with E-state index in [1.54, 1.807) is 13.1 Å². The number of carbonyl (C=O) groups excluding carboxylic acids is 1. The zero-order chi connectivity index (χ0) is 25.7. The van der Waals surface area contributed by atoms with E-state index in [0.29, 0.717) is 34.5 Å². The summed E-state index contributed by atoms with van der Waals surface area (Å²) in [7, 11) is 1.76. The highest BCUT2D eigenvalue weighted by atomic mass is 16.5. The zero-order valence-corrected chi connectivity index (χ0v) is 23.0. The van der Waals surface area contributed by atoms with Crippen molar-refractivity contribution in [2.45, 2.75) is 97.5 Å². The number of ether oxygens (including phenoxy) is 1. The number of benzene rings is 1. The van der Waals surface area contributed by atoms with Gasteiger partial charge in [-0.25, -0.2) is 0 Å². The second kappa shape index (κ2) is 9.76. The number of carbonyl (C=O) groups is 1. The number of nitrogen functional groups attached to an aromatic ring is 2. The van der Waals surface area contributed by atoms with E-state index >= 15 is 0 Å². The van der Waals surface area contributed by atoms with Crippen LogP contribution in [0.25, 0.3) is 0 Å². The van der Waals surface area contributed by atoms with Crippen LogP contribution < -0.4 is 21.5 Å². The predicted octanol–water partition coefficient (Wildman–Crippen LogP) is 6.42. The van der Waals surface area contributed by atoms with Crippen LogP contribution in [0.5, 0.6) is 5.75 Å². The third kappa shape index (κ3) is 4.39. The minimum absolute atomic E-state index is 0.190. The van der Waals surface area contributed by atoms with Crippen molar-refractivity contribution in [3.63, 3.8) is 0 Å². The van der Waals surface area contributed by atoms with E-state index in [2.05, 4.69) is 26.1 Å². The van der Waals surface area contributed by atoms with Crippen molar-refractivity contribution < 1.29 is 9.53 Å². The number of anilines is 2. The second-order valence-corrected chi connectivity index (χ2v) is 13.4. The van der Waals surface area contributed by atoms with Crippen molar-refractivity contribution in [2.75, 3.05) is 18.5 Å². The van der Waals surface area contributed by atoms with Gasteiger partial charge in [0.15, 0.2) is 0 Å². The van der Waals surface area contributed by atoms with Crippen LogP contribution in [0, 0.1) is 46.3 Å². The number of hydrogen-bond donors (Lipinski definition) is 3. The third-order valence-electron chi connectivity index (χ3n) is 11.8. The Morgan fingerprint density at radius 1 is 1.06 bits per heavy atom. The van der Waals surface area contributed by atoms with E-state index in [-0.39, 0.29) is 12.0 Å². The lowest BCUT2D eigenvalue weighted by Gasteiger charge is -2.61. The highest BCUT2D eigenvalue weighted by molar-refractivity contribution is 5.75. The zero-order valence-electron chi connectivity index (χ0n) is 23.0. The Balaban J connectivity index is 1.25. The maximum Gasteiger partial charge on any atom is 0.219 e. The molecule has 5 nitrogen and oxygen atoms in total. The highest BCUT2D eigenvalue weighted by Gasteiger charge is 2.60. The molecule has 0 saturated heterocycles. The largest absolute Gasteiger partial charge is 0.488 e. The van der Waals surface area contributed by atoms with Gasteiger partial charge in [0, 0.05) is 19.2 Å². The molecular formula is C31H49N3O2. The topological polar surface area (TPSA) is 90.4 Å². The van der Waals surface area contributed by atoms with Gasteiger partial charge in [-0.1, -0.05) is 20.8 Å². The molecule has 5 N–H and O–H groups in total. The Hall–Kier alpha value is -1.91. The number of rotatable bonds is 6. The Kier molecular flexibility index (Phi) is 6.97. The summed E-state index contributed by atoms with van der Waals surface area (Å²) in [5, 5.41) is 2.81. The summed E-state index contributed by atoms with van der Waals surface area (Å²) in [6, 6.07) is 5.63. The molecule has 0 radical (unpaired) electrons. The van der Waals surface area contributed by atoms with Crippen LogP contribution in [-0.2, 0) is 4.79 Å². The first-order valence-electron chi connectivity index (χ1n) is 14.7. The maximum absolute atomic E-state index is 11.9. The molecule has 1 aromatic carbocycles. The highest BCUT2D eigenvalue weighted by Crippen LogP contribution is 2.68. The summed E-state index contributed by atoms with van der Waals surface area (Å²) in [6.07, 6.45) is 13.8. The summed E-state index contributed by atoms with van der Waals surface area (Å²) < 4.78 is 6.44. The van der Waals surface area contributed by atoms with Crippen LogP contribution in [0.4, 0.5) is 11.4 Å². The molecule has 4 aliphatic carbocycles. The van der Waals surface area contributed by atoms with Crippen LogP contribution in [0.2, 0.25) is 0 Å². The second-order valence-electron chi connectivity index (χ2n) is 13.4. The van der Waals surface area contributed by atoms with Gasteiger partial charge in [0.1, 0.15) is 5.75 Å². The molecule has 0 spiro atoms. The van der Waals surface area contributed by atoms with E-state index in [1.807, 2.05) is 12.1 Å². The summed E-state index contributed by atoms with van der Waals surface area (Å²) in [4.78, 5) is 11.9. The van der Waals surface area contributed by atoms with Crippen LogP contribution >= 0.6 is 0 Å². The fraction of sp³-hybridized carbons (Fsp3) is 0.774. The van der Waals surface area contributed by atoms with Gasteiger partial charge in [0.25, 0.3) is 0 Å². The lowest BCUT2D eigenvalue weighted by atomic mass is 9.44. The minimum Gasteiger partial charge on any atom is -0.488 e. The maximum atomic E-state index is 11.9. The fourth-order valence-corrected chi connectivity index (χ4v) is 9.84. The Bertz CT molecular complexity index is 965. The smallest absolute Gasteiger partial charge is 0.219 e. The molecule has 0 heterocycles. The Labute approximate surface area is 218 Å². The molecule has 5 rings (SSSR count). The standard InChI is InChI=1S/C31H49N3O2/c1-19(5-12-29(35)34-4)24-9-10-25-23-8-6-20-17-22(36-28-11-7-21(32)18-27(28)33)13-15-30(20,2)26(23)14-16-31(24,25)3/h7,11,18-20,22-26H,5-6,8-10,12-17,32-33H2,1-4H3,(H,34,35)/t19-,20?,22?,23+,24-,25+,26+,30+,31-/m1/s1. The monoisotopic (exact) mass is 495 g/mol. The number of nitrogens with two attached hydrogens (primary N) is 2. The molecule has 4 aliphatic rings. The molecule has 200 valence electrons. The molecule has 1 amide bonds. The Morgan fingerprint density at radius 3 is 2.56 bits per heavy atom. The van der Waals surface area contributed by atoms with Crippen molar-refractivity contribution in [1.29, 1.82) is 0 Å². The normalized spacial score (nSPS) is 40.4. The first kappa shape index (κ1) is 25.7. The van der Waals surface area contributed by atoms with Gasteiger partial charge in [-0.05, 0) is 129 Å². The van der Waals surface area contributed by atoms with E-state index < -0.39 is 0 Å². The first-order chi connectivity index (χ1) is 17.2. The quantitative estimate of drug-likeness (QED) is 0.397. The molecule has 4 saturated carbocycles. The summed E-state index contributed by atoms with van der Waals surface area (Å²) in [5.41, 5.74) is 14.3. The predicted molar refractivity (Wildman–Crippen MR) is 147 cm³/mol. The van der Waals surface area contributed by atoms with Crippen molar-refractivity contribution in [3.05, 3.63) is 18.2 Å². The average Bonchev–Trinajstić information content (AvgIpc) is 3.21. The van der Waals surface area contributed by atoms with Crippen molar-refractivity contribution in [3.8, 4) is 5.75 Å². The number of amides is 1. The molecule has 0 bridgehead atoms. The molecular weight excluding hydrogens is 446 g/mol. The van der Waals surface area contributed by atoms with Crippen LogP contribution in [-0.4, -0.2) is 19.1 Å². The molecule has 1 aromatic rings. The lowest BCUT2D eigenvalue weighted by Crippen LogP contribution is -2.54. The van der Waals surface area contributed by atoms with Gasteiger partial charge in [0.05, 0.1) is 11.8 Å². The summed E-state index contributed by atoms with van der Waals surface area (Å²) >= 11 is 0. The molecule has 4 fully saturated rings. The SMILES string of the molecule is CNC(=O)CC[C@@H](C)[C@H]1CC[C@H]2[C@@H]3CCC4CC(Oc5ccc(N)cc5N)CC[C@]4(C)[C@H]3CC[C@]12C. The van der Waals surface area contributed by atoms with Crippen LogP contribution in [0.1, 0.15) is 91.4 Å². The summed E-state index contributed by atoms with van der Waals surface area (Å²) in [6.45, 7) is 7.67. The molecule has 0 aromatic heterocycles. The number of nitrogens with one attached hydrogen (secondary N) is 1. The van der Waals surface area contributed by atoms with Gasteiger partial charge in [-0.2, -0.15) is 0 Å². The summed E-state index contributed by atoms with van der Waals surface area (Å²) in [5.74, 6) is 5.74. The van der Waals surface area contributed by atoms with E-state index in [9.17, 15) is 4.79 Å². The van der Waals surface area contributed by atoms with Gasteiger partial charge in [-0.15, -0.1) is 0 Å². The van der Waals surface area contributed by atoms with Crippen LogP contribution in [0.15, 0.2) is 18.2 Å². The molecule has 0 aliphatic heterocycles. The lowest BCUT2D eigenvalue weighted by molar-refractivity contribution is -0.127. The molecule has 2 unspecified atom stereocenters. The molecule has 5 heteroatoms. The van der Waals surface area contributed by atoms with E-state index in [1.165, 1.54) is 44.9 Å². The van der Waals surface area contributed by atoms with Gasteiger partial charge < -0.3 is 21.5 Å². The molecule has 36 heavy (non-hydrogen) atoms.